The smallest absolute Gasteiger partial charge is 0.251 e. The summed E-state index contributed by atoms with van der Waals surface area (Å²) in [5, 5.41) is 14.9. The van der Waals surface area contributed by atoms with E-state index in [2.05, 4.69) is 10.6 Å². The van der Waals surface area contributed by atoms with Gasteiger partial charge in [0.05, 0.1) is 18.7 Å². The van der Waals surface area contributed by atoms with Gasteiger partial charge in [-0.15, -0.1) is 0 Å². The van der Waals surface area contributed by atoms with Crippen molar-refractivity contribution in [3.05, 3.63) is 35.9 Å². The molecule has 0 bridgehead atoms. The fraction of sp³-hybridized carbons (Fsp3) is 0.467. The number of carbonyl (C=O) groups excluding carboxylic acids is 2. The van der Waals surface area contributed by atoms with Gasteiger partial charge >= 0.3 is 0 Å². The van der Waals surface area contributed by atoms with Gasteiger partial charge in [0.15, 0.2) is 0 Å². The number of amides is 2. The lowest BCUT2D eigenvalue weighted by atomic mass is 9.91. The molecule has 1 aliphatic rings. The standard InChI is InChI=1S/C15H20N2O4/c18-11-15(6-8-21-9-7-15)17-13(19)10-16-14(20)12-4-2-1-3-5-12/h1-5,18H,6-11H2,(H,16,20)(H,17,19). The first-order chi connectivity index (χ1) is 10.2. The Hall–Kier alpha value is -1.92. The maximum absolute atomic E-state index is 11.9. The van der Waals surface area contributed by atoms with Crippen LogP contribution in [0.3, 0.4) is 0 Å². The van der Waals surface area contributed by atoms with Crippen molar-refractivity contribution in [1.29, 1.82) is 0 Å². The van der Waals surface area contributed by atoms with Crippen LogP contribution in [0.4, 0.5) is 0 Å². The summed E-state index contributed by atoms with van der Waals surface area (Å²) in [7, 11) is 0. The highest BCUT2D eigenvalue weighted by molar-refractivity contribution is 5.96. The first kappa shape index (κ1) is 15.5. The second-order valence-electron chi connectivity index (χ2n) is 5.15. The molecule has 1 saturated heterocycles. The van der Waals surface area contributed by atoms with Crippen molar-refractivity contribution in [1.82, 2.24) is 10.6 Å². The van der Waals surface area contributed by atoms with Gasteiger partial charge in [-0.3, -0.25) is 9.59 Å². The number of ether oxygens (including phenoxy) is 1. The molecule has 2 rings (SSSR count). The number of benzene rings is 1. The monoisotopic (exact) mass is 292 g/mol. The van der Waals surface area contributed by atoms with E-state index in [-0.39, 0.29) is 25.0 Å². The molecule has 0 saturated carbocycles. The van der Waals surface area contributed by atoms with Crippen LogP contribution >= 0.6 is 0 Å². The Morgan fingerprint density at radius 2 is 1.86 bits per heavy atom. The number of carbonyl (C=O) groups is 2. The minimum Gasteiger partial charge on any atom is -0.394 e. The maximum Gasteiger partial charge on any atom is 0.251 e. The minimum atomic E-state index is -0.632. The Morgan fingerprint density at radius 1 is 1.19 bits per heavy atom. The molecule has 0 aromatic heterocycles. The fourth-order valence-corrected chi connectivity index (χ4v) is 2.28. The third-order valence-corrected chi connectivity index (χ3v) is 3.60. The molecule has 0 radical (unpaired) electrons. The summed E-state index contributed by atoms with van der Waals surface area (Å²) >= 11 is 0. The van der Waals surface area contributed by atoms with Gasteiger partial charge in [-0.2, -0.15) is 0 Å². The maximum atomic E-state index is 11.9. The SMILES string of the molecule is O=C(CNC(=O)c1ccccc1)NC1(CO)CCOCC1. The van der Waals surface area contributed by atoms with Crippen LogP contribution < -0.4 is 10.6 Å². The number of hydrogen-bond acceptors (Lipinski definition) is 4. The van der Waals surface area contributed by atoms with Gasteiger partial charge in [-0.1, -0.05) is 18.2 Å². The molecular formula is C15H20N2O4. The van der Waals surface area contributed by atoms with Gasteiger partial charge in [0.25, 0.3) is 5.91 Å². The van der Waals surface area contributed by atoms with Crippen molar-refractivity contribution < 1.29 is 19.4 Å². The quantitative estimate of drug-likeness (QED) is 0.717. The van der Waals surface area contributed by atoms with Gasteiger partial charge in [-0.05, 0) is 25.0 Å². The van der Waals surface area contributed by atoms with Crippen LogP contribution in [-0.2, 0) is 9.53 Å². The van der Waals surface area contributed by atoms with Crippen molar-refractivity contribution in [2.75, 3.05) is 26.4 Å². The second kappa shape index (κ2) is 7.19. The Labute approximate surface area is 123 Å². The van der Waals surface area contributed by atoms with Crippen molar-refractivity contribution in [2.24, 2.45) is 0 Å². The van der Waals surface area contributed by atoms with E-state index in [1.165, 1.54) is 0 Å². The van der Waals surface area contributed by atoms with Crippen LogP contribution in [0.2, 0.25) is 0 Å². The van der Waals surface area contributed by atoms with E-state index in [9.17, 15) is 14.7 Å². The summed E-state index contributed by atoms with van der Waals surface area (Å²) in [6.07, 6.45) is 1.14. The molecule has 1 fully saturated rings. The molecule has 114 valence electrons. The zero-order chi connectivity index (χ0) is 15.1. The molecule has 1 aromatic rings. The summed E-state index contributed by atoms with van der Waals surface area (Å²) in [6, 6.07) is 8.71. The van der Waals surface area contributed by atoms with Crippen LogP contribution in [0.5, 0.6) is 0 Å². The summed E-state index contributed by atoms with van der Waals surface area (Å²) in [4.78, 5) is 23.8. The first-order valence-electron chi connectivity index (χ1n) is 6.98. The zero-order valence-corrected chi connectivity index (χ0v) is 11.8. The van der Waals surface area contributed by atoms with Gasteiger partial charge in [-0.25, -0.2) is 0 Å². The zero-order valence-electron chi connectivity index (χ0n) is 11.8. The lowest BCUT2D eigenvalue weighted by Crippen LogP contribution is -2.56. The van der Waals surface area contributed by atoms with E-state index in [0.29, 0.717) is 31.6 Å². The van der Waals surface area contributed by atoms with Crippen molar-refractivity contribution in [3.8, 4) is 0 Å². The van der Waals surface area contributed by atoms with Crippen LogP contribution in [0.25, 0.3) is 0 Å². The summed E-state index contributed by atoms with van der Waals surface area (Å²) < 4.78 is 5.23. The van der Waals surface area contributed by atoms with Gasteiger partial charge in [0.2, 0.25) is 5.91 Å². The topological polar surface area (TPSA) is 87.7 Å². The average Bonchev–Trinajstić information content (AvgIpc) is 2.54. The van der Waals surface area contributed by atoms with Crippen LogP contribution in [0, 0.1) is 0 Å². The molecule has 0 aliphatic carbocycles. The van der Waals surface area contributed by atoms with E-state index in [0.717, 1.165) is 0 Å². The predicted octanol–water partition coefficient (Wildman–Crippen LogP) is 0.0741. The highest BCUT2D eigenvalue weighted by Crippen LogP contribution is 2.19. The Kier molecular flexibility index (Phi) is 5.30. The molecule has 0 unspecified atom stereocenters. The fourth-order valence-electron chi connectivity index (χ4n) is 2.28. The lowest BCUT2D eigenvalue weighted by Gasteiger charge is -2.36. The van der Waals surface area contributed by atoms with E-state index in [1.807, 2.05) is 6.07 Å². The largest absolute Gasteiger partial charge is 0.394 e. The van der Waals surface area contributed by atoms with Crippen LogP contribution in [0.1, 0.15) is 23.2 Å². The number of rotatable bonds is 5. The normalized spacial score (nSPS) is 17.0. The Morgan fingerprint density at radius 3 is 2.48 bits per heavy atom. The number of aliphatic hydroxyl groups is 1. The average molecular weight is 292 g/mol. The minimum absolute atomic E-state index is 0.115. The number of hydrogen-bond donors (Lipinski definition) is 3. The van der Waals surface area contributed by atoms with E-state index < -0.39 is 5.54 Å². The molecule has 1 heterocycles. The molecule has 1 aromatic carbocycles. The Balaban J connectivity index is 1.83. The molecular weight excluding hydrogens is 272 g/mol. The van der Waals surface area contributed by atoms with Gasteiger partial charge in [0, 0.05) is 18.8 Å². The lowest BCUT2D eigenvalue weighted by molar-refractivity contribution is -0.124. The highest BCUT2D eigenvalue weighted by Gasteiger charge is 2.33. The van der Waals surface area contributed by atoms with Crippen molar-refractivity contribution in [3.63, 3.8) is 0 Å². The Bertz CT molecular complexity index is 484. The van der Waals surface area contributed by atoms with Gasteiger partial charge in [0.1, 0.15) is 0 Å². The van der Waals surface area contributed by atoms with E-state index in [4.69, 9.17) is 4.74 Å². The van der Waals surface area contributed by atoms with Crippen LogP contribution in [-0.4, -0.2) is 48.8 Å². The predicted molar refractivity (Wildman–Crippen MR) is 76.8 cm³/mol. The number of aliphatic hydroxyl groups excluding tert-OH is 1. The van der Waals surface area contributed by atoms with E-state index >= 15 is 0 Å². The first-order valence-corrected chi connectivity index (χ1v) is 6.98. The van der Waals surface area contributed by atoms with Crippen LogP contribution in [0.15, 0.2) is 30.3 Å². The molecule has 0 spiro atoms. The summed E-state index contributed by atoms with van der Waals surface area (Å²) in [5.41, 5.74) is -0.125. The summed E-state index contributed by atoms with van der Waals surface area (Å²) in [5.74, 6) is -0.606. The molecule has 0 atom stereocenters. The molecule has 1 aliphatic heterocycles. The summed E-state index contributed by atoms with van der Waals surface area (Å²) in [6.45, 7) is 0.777. The van der Waals surface area contributed by atoms with Crippen molar-refractivity contribution in [2.45, 2.75) is 18.4 Å². The molecule has 6 heteroatoms. The van der Waals surface area contributed by atoms with Gasteiger partial charge < -0.3 is 20.5 Å². The molecule has 3 N–H and O–H groups in total. The third kappa shape index (κ3) is 4.27. The third-order valence-electron chi connectivity index (χ3n) is 3.60. The molecule has 21 heavy (non-hydrogen) atoms. The molecule has 2 amide bonds. The van der Waals surface area contributed by atoms with E-state index in [1.54, 1.807) is 24.3 Å². The second-order valence-corrected chi connectivity index (χ2v) is 5.15. The van der Waals surface area contributed by atoms with Crippen molar-refractivity contribution >= 4 is 11.8 Å². The molecule has 6 nitrogen and oxygen atoms in total. The number of nitrogens with one attached hydrogen (secondary N) is 2. The highest BCUT2D eigenvalue weighted by atomic mass is 16.5.